The van der Waals surface area contributed by atoms with Crippen molar-refractivity contribution in [2.24, 2.45) is 23.5 Å². The van der Waals surface area contributed by atoms with Crippen molar-refractivity contribution in [2.45, 2.75) is 31.7 Å². The molecule has 10 heteroatoms. The van der Waals surface area contributed by atoms with E-state index in [1.54, 1.807) is 6.07 Å². The Morgan fingerprint density at radius 3 is 2.63 bits per heavy atom. The number of pyridine rings is 2. The summed E-state index contributed by atoms with van der Waals surface area (Å²) >= 11 is 6.02. The van der Waals surface area contributed by atoms with Gasteiger partial charge in [0.25, 0.3) is 0 Å². The molecule has 0 saturated heterocycles. The van der Waals surface area contributed by atoms with Gasteiger partial charge in [-0.25, -0.2) is 18.7 Å². The van der Waals surface area contributed by atoms with Crippen LogP contribution in [0.5, 0.6) is 0 Å². The number of nitrogens with zero attached hydrogens (tertiary/aromatic N) is 3. The van der Waals surface area contributed by atoms with E-state index < -0.39 is 11.6 Å². The van der Waals surface area contributed by atoms with E-state index >= 15 is 0 Å². The third-order valence-corrected chi connectivity index (χ3v) is 6.63. The van der Waals surface area contributed by atoms with E-state index in [0.29, 0.717) is 22.0 Å². The van der Waals surface area contributed by atoms with Crippen LogP contribution in [-0.4, -0.2) is 32.0 Å². The van der Waals surface area contributed by atoms with Crippen LogP contribution in [-0.2, 0) is 0 Å². The summed E-state index contributed by atoms with van der Waals surface area (Å²) in [5.41, 5.74) is 6.43. The molecule has 3 saturated carbocycles. The molecule has 5 N–H and O–H groups in total. The van der Waals surface area contributed by atoms with Gasteiger partial charge in [-0.2, -0.15) is 5.10 Å². The molecule has 156 valence electrons. The van der Waals surface area contributed by atoms with Crippen molar-refractivity contribution in [1.82, 2.24) is 20.2 Å². The second-order valence-electron chi connectivity index (χ2n) is 8.10. The van der Waals surface area contributed by atoms with Crippen LogP contribution in [0.15, 0.2) is 18.3 Å². The highest BCUT2D eigenvalue weighted by Gasteiger charge is 2.45. The molecular formula is C20H20ClF2N7. The molecule has 0 radical (unpaired) electrons. The van der Waals surface area contributed by atoms with Crippen LogP contribution in [0.25, 0.3) is 22.4 Å². The molecule has 3 aromatic heterocycles. The molecule has 2 unspecified atom stereocenters. The van der Waals surface area contributed by atoms with Crippen LogP contribution in [0.3, 0.4) is 0 Å². The van der Waals surface area contributed by atoms with Crippen molar-refractivity contribution < 1.29 is 8.78 Å². The molecule has 3 aromatic rings. The van der Waals surface area contributed by atoms with E-state index in [0.717, 1.165) is 31.7 Å². The number of anilines is 1. The van der Waals surface area contributed by atoms with E-state index in [-0.39, 0.29) is 40.9 Å². The van der Waals surface area contributed by atoms with Crippen molar-refractivity contribution in [2.75, 3.05) is 5.32 Å². The third kappa shape index (κ3) is 3.08. The Labute approximate surface area is 175 Å². The summed E-state index contributed by atoms with van der Waals surface area (Å²) in [6.45, 7) is 0. The molecule has 0 amide bonds. The summed E-state index contributed by atoms with van der Waals surface area (Å²) in [4.78, 5) is 8.34. The zero-order valence-corrected chi connectivity index (χ0v) is 16.7. The molecule has 2 atom stereocenters. The molecule has 0 aliphatic heterocycles. The second kappa shape index (κ2) is 7.16. The molecular weight excluding hydrogens is 412 g/mol. The van der Waals surface area contributed by atoms with Crippen molar-refractivity contribution in [1.29, 1.82) is 5.41 Å². The fraction of sp³-hybridized carbons (Fsp3) is 0.400. The highest BCUT2D eigenvalue weighted by molar-refractivity contribution is 6.31. The lowest BCUT2D eigenvalue weighted by atomic mass is 9.61. The van der Waals surface area contributed by atoms with E-state index in [1.165, 1.54) is 6.20 Å². The van der Waals surface area contributed by atoms with Gasteiger partial charge in [0.1, 0.15) is 5.69 Å². The molecule has 30 heavy (non-hydrogen) atoms. The first-order valence-corrected chi connectivity index (χ1v) is 10.3. The van der Waals surface area contributed by atoms with Gasteiger partial charge in [0.05, 0.1) is 16.6 Å². The second-order valence-corrected chi connectivity index (χ2v) is 8.54. The zero-order valence-electron chi connectivity index (χ0n) is 15.9. The highest BCUT2D eigenvalue weighted by Crippen LogP contribution is 2.46. The van der Waals surface area contributed by atoms with Crippen LogP contribution >= 0.6 is 11.6 Å². The van der Waals surface area contributed by atoms with E-state index in [9.17, 15) is 8.78 Å². The molecule has 0 spiro atoms. The lowest BCUT2D eigenvalue weighted by Gasteiger charge is -2.48. The molecule has 7 nitrogen and oxygen atoms in total. The number of halogens is 3. The maximum absolute atomic E-state index is 14.7. The van der Waals surface area contributed by atoms with Crippen molar-refractivity contribution in [3.8, 4) is 11.4 Å². The summed E-state index contributed by atoms with van der Waals surface area (Å²) in [5.74, 6) is -1.18. The smallest absolute Gasteiger partial charge is 0.181 e. The molecule has 3 aliphatic carbocycles. The Hall–Kier alpha value is -2.81. The summed E-state index contributed by atoms with van der Waals surface area (Å²) in [5, 5.41) is 18.8. The molecule has 3 fully saturated rings. The number of hydrogen-bond donors (Lipinski definition) is 4. The third-order valence-electron chi connectivity index (χ3n) is 6.42. The van der Waals surface area contributed by atoms with Gasteiger partial charge >= 0.3 is 0 Å². The summed E-state index contributed by atoms with van der Waals surface area (Å²) < 4.78 is 29.3. The number of aromatic amines is 1. The lowest BCUT2D eigenvalue weighted by molar-refractivity contribution is 0.119. The number of aromatic nitrogens is 4. The van der Waals surface area contributed by atoms with Crippen molar-refractivity contribution >= 4 is 34.3 Å². The van der Waals surface area contributed by atoms with Gasteiger partial charge in [-0.1, -0.05) is 11.6 Å². The maximum Gasteiger partial charge on any atom is 0.181 e. The topological polar surface area (TPSA) is 116 Å². The van der Waals surface area contributed by atoms with Crippen LogP contribution < -0.4 is 11.1 Å². The summed E-state index contributed by atoms with van der Waals surface area (Å²) in [6, 6.07) is 2.20. The maximum atomic E-state index is 14.7. The number of nitrogens with two attached hydrogens (primary N) is 1. The van der Waals surface area contributed by atoms with Crippen LogP contribution in [0.1, 0.15) is 25.7 Å². The van der Waals surface area contributed by atoms with Gasteiger partial charge < -0.3 is 11.1 Å². The van der Waals surface area contributed by atoms with E-state index in [2.05, 4.69) is 25.5 Å². The predicted octanol–water partition coefficient (Wildman–Crippen LogP) is 4.10. The number of hydrogen-bond acceptors (Lipinski definition) is 5. The Bertz CT molecular complexity index is 1140. The minimum atomic E-state index is -0.822. The van der Waals surface area contributed by atoms with Gasteiger partial charge in [0.2, 0.25) is 0 Å². The number of amidine groups is 1. The normalized spacial score (nSPS) is 25.6. The Kier molecular flexibility index (Phi) is 4.57. The van der Waals surface area contributed by atoms with Crippen LogP contribution in [0.4, 0.5) is 14.6 Å². The first kappa shape index (κ1) is 19.2. The van der Waals surface area contributed by atoms with Gasteiger partial charge in [-0.05, 0) is 43.6 Å². The number of fused-ring (bicyclic) bond motifs is 4. The van der Waals surface area contributed by atoms with Crippen molar-refractivity contribution in [3.63, 3.8) is 0 Å². The minimum absolute atomic E-state index is 0.0621. The fourth-order valence-electron chi connectivity index (χ4n) is 5.06. The Morgan fingerprint density at radius 1 is 1.17 bits per heavy atom. The number of nitrogens with one attached hydrogen (secondary N) is 3. The summed E-state index contributed by atoms with van der Waals surface area (Å²) in [7, 11) is 0. The Morgan fingerprint density at radius 2 is 1.90 bits per heavy atom. The van der Waals surface area contributed by atoms with Gasteiger partial charge in [-0.15, -0.1) is 0 Å². The quantitative estimate of drug-likeness (QED) is 0.366. The van der Waals surface area contributed by atoms with Gasteiger partial charge in [-0.3, -0.25) is 10.5 Å². The molecule has 2 bridgehead atoms. The lowest BCUT2D eigenvalue weighted by Crippen LogP contribution is -2.53. The van der Waals surface area contributed by atoms with Gasteiger partial charge in [0.15, 0.2) is 23.1 Å². The highest BCUT2D eigenvalue weighted by atomic mass is 35.5. The standard InChI is InChI=1S/C20H20ClF2N7/c21-10-5-11-16(29-30-19(11)26-7-10)17-12(22)6-13(23)20(28-17)27-15-9-3-1-8(2-4-9)14(15)18(24)25/h5-9,14-15H,1-4H2,(H3,24,25)(H,27,28)(H,26,29,30). The first-order chi connectivity index (χ1) is 14.4. The largest absolute Gasteiger partial charge is 0.387 e. The van der Waals surface area contributed by atoms with E-state index in [4.69, 9.17) is 22.7 Å². The Balaban J connectivity index is 1.55. The van der Waals surface area contributed by atoms with Crippen LogP contribution in [0.2, 0.25) is 5.02 Å². The summed E-state index contributed by atoms with van der Waals surface area (Å²) in [6.07, 6.45) is 5.47. The van der Waals surface area contributed by atoms with Crippen LogP contribution in [0, 0.1) is 34.8 Å². The SMILES string of the molecule is N=C(N)C1C2CCC(CC2)C1Nc1nc(-c2[nH]nc3ncc(Cl)cc23)c(F)cc1F. The van der Waals surface area contributed by atoms with Gasteiger partial charge in [0, 0.05) is 29.6 Å². The monoisotopic (exact) mass is 431 g/mol. The molecule has 3 aliphatic rings. The fourth-order valence-corrected chi connectivity index (χ4v) is 5.22. The average Bonchev–Trinajstić information content (AvgIpc) is 3.13. The molecule has 3 heterocycles. The minimum Gasteiger partial charge on any atom is -0.387 e. The van der Waals surface area contributed by atoms with Crippen molar-refractivity contribution in [3.05, 3.63) is 35.0 Å². The number of rotatable bonds is 4. The average molecular weight is 432 g/mol. The predicted molar refractivity (Wildman–Crippen MR) is 110 cm³/mol. The first-order valence-electron chi connectivity index (χ1n) is 9.89. The molecule has 6 rings (SSSR count). The van der Waals surface area contributed by atoms with E-state index in [1.807, 2.05) is 0 Å². The molecule has 0 aromatic carbocycles. The number of H-pyrrole nitrogens is 1. The zero-order chi connectivity index (χ0) is 21.0.